The normalized spacial score (nSPS) is 15.6. The van der Waals surface area contributed by atoms with Crippen molar-refractivity contribution in [1.29, 1.82) is 0 Å². The van der Waals surface area contributed by atoms with Gasteiger partial charge in [0, 0.05) is 5.02 Å². The van der Waals surface area contributed by atoms with Crippen LogP contribution in [0.1, 0.15) is 31.0 Å². The monoisotopic (exact) mass is 498 g/mol. The Morgan fingerprint density at radius 1 is 1.18 bits per heavy atom. The van der Waals surface area contributed by atoms with Crippen LogP contribution in [0.3, 0.4) is 0 Å². The molecule has 0 radical (unpaired) electrons. The molecule has 2 heterocycles. The summed E-state index contributed by atoms with van der Waals surface area (Å²) >= 11 is 7.37. The van der Waals surface area contributed by atoms with Crippen LogP contribution in [-0.4, -0.2) is 31.4 Å². The third-order valence-corrected chi connectivity index (χ3v) is 6.60. The van der Waals surface area contributed by atoms with Crippen LogP contribution in [0.2, 0.25) is 5.02 Å². The van der Waals surface area contributed by atoms with Crippen molar-refractivity contribution in [2.75, 3.05) is 20.8 Å². The third-order valence-electron chi connectivity index (χ3n) is 5.39. The largest absolute Gasteiger partial charge is 0.493 e. The summed E-state index contributed by atoms with van der Waals surface area (Å²) in [7, 11) is 3.08. The Balaban J connectivity index is 1.97. The average molecular weight is 499 g/mol. The maximum Gasteiger partial charge on any atom is 0.338 e. The molecule has 1 aromatic heterocycles. The van der Waals surface area contributed by atoms with E-state index in [9.17, 15) is 9.59 Å². The lowest BCUT2D eigenvalue weighted by atomic mass is 9.95. The standard InChI is InChI=1S/C25H23ClN2O5S/c1-5-33-24(30)21-14(2)27-25-28(22(21)16-9-10-18(31-3)19(13-16)32-4)23(29)20(34-25)12-15-7-6-8-17(26)11-15/h6-13,22H,5H2,1-4H3/b20-12-/t22-/m0/s1. The summed E-state index contributed by atoms with van der Waals surface area (Å²) in [5.41, 5.74) is 1.99. The zero-order valence-corrected chi connectivity index (χ0v) is 20.7. The second-order valence-electron chi connectivity index (χ2n) is 7.47. The van der Waals surface area contributed by atoms with E-state index in [0.29, 0.717) is 42.7 Å². The van der Waals surface area contributed by atoms with E-state index in [2.05, 4.69) is 4.99 Å². The molecule has 34 heavy (non-hydrogen) atoms. The molecular weight excluding hydrogens is 476 g/mol. The number of nitrogens with zero attached hydrogens (tertiary/aromatic N) is 2. The minimum atomic E-state index is -0.739. The molecule has 1 atom stereocenters. The number of ether oxygens (including phenoxy) is 3. The molecule has 176 valence electrons. The second kappa shape index (κ2) is 9.87. The van der Waals surface area contributed by atoms with Gasteiger partial charge in [-0.05, 0) is 55.3 Å². The lowest BCUT2D eigenvalue weighted by Gasteiger charge is -2.25. The molecule has 4 rings (SSSR count). The van der Waals surface area contributed by atoms with Crippen molar-refractivity contribution in [3.05, 3.63) is 89.6 Å². The van der Waals surface area contributed by atoms with E-state index < -0.39 is 12.0 Å². The maximum atomic E-state index is 13.6. The molecular formula is C25H23ClN2O5S. The molecule has 2 aromatic carbocycles. The average Bonchev–Trinajstić information content (AvgIpc) is 3.12. The van der Waals surface area contributed by atoms with Crippen molar-refractivity contribution >= 4 is 35.0 Å². The summed E-state index contributed by atoms with van der Waals surface area (Å²) in [5, 5.41) is 0.574. The Labute approximate surface area is 205 Å². The smallest absolute Gasteiger partial charge is 0.338 e. The summed E-state index contributed by atoms with van der Waals surface area (Å²) in [6.45, 7) is 3.68. The summed E-state index contributed by atoms with van der Waals surface area (Å²) in [6.07, 6.45) is 1.77. The topological polar surface area (TPSA) is 79.1 Å². The van der Waals surface area contributed by atoms with Crippen molar-refractivity contribution in [2.45, 2.75) is 19.9 Å². The first kappa shape index (κ1) is 23.8. The lowest BCUT2D eigenvalue weighted by molar-refractivity contribution is -0.139. The van der Waals surface area contributed by atoms with E-state index in [-0.39, 0.29) is 12.2 Å². The van der Waals surface area contributed by atoms with Crippen molar-refractivity contribution in [3.8, 4) is 11.5 Å². The van der Waals surface area contributed by atoms with Crippen LogP contribution in [-0.2, 0) is 9.53 Å². The zero-order chi connectivity index (χ0) is 24.4. The van der Waals surface area contributed by atoms with Crippen LogP contribution < -0.4 is 24.4 Å². The van der Waals surface area contributed by atoms with Crippen molar-refractivity contribution in [2.24, 2.45) is 4.99 Å². The van der Waals surface area contributed by atoms with E-state index >= 15 is 0 Å². The van der Waals surface area contributed by atoms with Gasteiger partial charge in [-0.25, -0.2) is 9.79 Å². The molecule has 0 unspecified atom stereocenters. The predicted molar refractivity (Wildman–Crippen MR) is 131 cm³/mol. The fourth-order valence-corrected chi connectivity index (χ4v) is 5.12. The van der Waals surface area contributed by atoms with Crippen LogP contribution in [0.25, 0.3) is 6.08 Å². The van der Waals surface area contributed by atoms with Crippen LogP contribution in [0.15, 0.2) is 63.5 Å². The number of hydrogen-bond donors (Lipinski definition) is 0. The Hall–Kier alpha value is -3.36. The minimum absolute atomic E-state index is 0.202. The van der Waals surface area contributed by atoms with E-state index in [1.165, 1.54) is 23.0 Å². The first-order valence-electron chi connectivity index (χ1n) is 10.5. The van der Waals surface area contributed by atoms with Crippen LogP contribution in [0, 0.1) is 0 Å². The van der Waals surface area contributed by atoms with E-state index in [1.54, 1.807) is 57.4 Å². The Morgan fingerprint density at radius 2 is 1.94 bits per heavy atom. The van der Waals surface area contributed by atoms with Gasteiger partial charge < -0.3 is 14.2 Å². The third kappa shape index (κ3) is 4.38. The van der Waals surface area contributed by atoms with Crippen LogP contribution >= 0.6 is 22.9 Å². The van der Waals surface area contributed by atoms with Gasteiger partial charge in [-0.2, -0.15) is 0 Å². The fraction of sp³-hybridized carbons (Fsp3) is 0.240. The number of aromatic nitrogens is 1. The quantitative estimate of drug-likeness (QED) is 0.486. The summed E-state index contributed by atoms with van der Waals surface area (Å²) in [6, 6.07) is 11.8. The van der Waals surface area contributed by atoms with Gasteiger partial charge in [-0.1, -0.05) is 41.1 Å². The fourth-order valence-electron chi connectivity index (χ4n) is 3.88. The predicted octanol–water partition coefficient (Wildman–Crippen LogP) is 3.47. The first-order chi connectivity index (χ1) is 16.4. The molecule has 1 aliphatic rings. The maximum absolute atomic E-state index is 13.6. The molecule has 0 saturated heterocycles. The number of thiazole rings is 1. The number of carbonyl (C=O) groups excluding carboxylic acids is 1. The number of benzene rings is 2. The Kier molecular flexibility index (Phi) is 6.90. The number of rotatable bonds is 6. The van der Waals surface area contributed by atoms with Gasteiger partial charge in [0.2, 0.25) is 0 Å². The van der Waals surface area contributed by atoms with E-state index in [4.69, 9.17) is 25.8 Å². The van der Waals surface area contributed by atoms with Gasteiger partial charge in [0.05, 0.1) is 42.7 Å². The summed E-state index contributed by atoms with van der Waals surface area (Å²) in [5.74, 6) is 0.504. The highest BCUT2D eigenvalue weighted by molar-refractivity contribution is 7.07. The van der Waals surface area contributed by atoms with Crippen molar-refractivity contribution in [1.82, 2.24) is 4.57 Å². The molecule has 0 fully saturated rings. The Morgan fingerprint density at radius 3 is 2.62 bits per heavy atom. The van der Waals surface area contributed by atoms with Gasteiger partial charge in [0.1, 0.15) is 0 Å². The number of hydrogen-bond acceptors (Lipinski definition) is 7. The minimum Gasteiger partial charge on any atom is -0.493 e. The van der Waals surface area contributed by atoms with Gasteiger partial charge in [0.25, 0.3) is 5.56 Å². The summed E-state index contributed by atoms with van der Waals surface area (Å²) < 4.78 is 18.2. The zero-order valence-electron chi connectivity index (χ0n) is 19.1. The van der Waals surface area contributed by atoms with Gasteiger partial charge in [-0.15, -0.1) is 0 Å². The molecule has 0 spiro atoms. The lowest BCUT2D eigenvalue weighted by Crippen LogP contribution is -2.39. The van der Waals surface area contributed by atoms with Gasteiger partial charge in [0.15, 0.2) is 16.3 Å². The molecule has 7 nitrogen and oxygen atoms in total. The second-order valence-corrected chi connectivity index (χ2v) is 8.92. The molecule has 0 bridgehead atoms. The van der Waals surface area contributed by atoms with E-state index in [0.717, 1.165) is 5.56 Å². The van der Waals surface area contributed by atoms with Crippen LogP contribution in [0.5, 0.6) is 11.5 Å². The van der Waals surface area contributed by atoms with Crippen LogP contribution in [0.4, 0.5) is 0 Å². The van der Waals surface area contributed by atoms with E-state index in [1.807, 2.05) is 12.1 Å². The van der Waals surface area contributed by atoms with Crippen molar-refractivity contribution in [3.63, 3.8) is 0 Å². The highest BCUT2D eigenvalue weighted by Crippen LogP contribution is 2.36. The van der Waals surface area contributed by atoms with Gasteiger partial charge in [-0.3, -0.25) is 9.36 Å². The van der Waals surface area contributed by atoms with Gasteiger partial charge >= 0.3 is 5.97 Å². The molecule has 3 aromatic rings. The number of esters is 1. The molecule has 0 amide bonds. The molecule has 9 heteroatoms. The number of fused-ring (bicyclic) bond motifs is 1. The SMILES string of the molecule is CCOC(=O)C1=C(C)N=c2s/c(=C\c3cccc(Cl)c3)c(=O)n2[C@H]1c1ccc(OC)c(OC)c1. The highest BCUT2D eigenvalue weighted by atomic mass is 35.5. The molecule has 0 aliphatic carbocycles. The summed E-state index contributed by atoms with van der Waals surface area (Å²) in [4.78, 5) is 31.7. The molecule has 1 aliphatic heterocycles. The van der Waals surface area contributed by atoms with Crippen molar-refractivity contribution < 1.29 is 19.0 Å². The Bertz CT molecular complexity index is 1470. The number of carbonyl (C=O) groups is 1. The number of methoxy groups -OCH3 is 2. The first-order valence-corrected chi connectivity index (χ1v) is 11.7. The number of allylic oxidation sites excluding steroid dienone is 1. The highest BCUT2D eigenvalue weighted by Gasteiger charge is 2.33. The number of halogens is 1. The molecule has 0 saturated carbocycles. The molecule has 0 N–H and O–H groups in total.